The highest BCUT2D eigenvalue weighted by atomic mass is 79.9. The van der Waals surface area contributed by atoms with Gasteiger partial charge in [0.05, 0.1) is 12.2 Å². The van der Waals surface area contributed by atoms with Crippen LogP contribution in [-0.4, -0.2) is 27.2 Å². The summed E-state index contributed by atoms with van der Waals surface area (Å²) in [6, 6.07) is 0. The summed E-state index contributed by atoms with van der Waals surface area (Å²) >= 11 is 3.43. The molecule has 0 saturated heterocycles. The summed E-state index contributed by atoms with van der Waals surface area (Å²) in [6.07, 6.45) is 1.29. The lowest BCUT2D eigenvalue weighted by Gasteiger charge is -2.37. The molecule has 2 saturated carbocycles. The van der Waals surface area contributed by atoms with Crippen molar-refractivity contribution in [2.24, 2.45) is 11.8 Å². The van der Waals surface area contributed by atoms with E-state index in [0.29, 0.717) is 11.8 Å². The normalized spacial score (nSPS) is 59.7. The van der Waals surface area contributed by atoms with Gasteiger partial charge in [0.1, 0.15) is 0 Å². The van der Waals surface area contributed by atoms with Crippen LogP contribution in [0.4, 0.5) is 0 Å². The minimum absolute atomic E-state index is 0.137. The fourth-order valence-electron chi connectivity index (χ4n) is 2.11. The highest BCUT2D eigenvalue weighted by Gasteiger charge is 2.51. The van der Waals surface area contributed by atoms with Crippen molar-refractivity contribution >= 4 is 15.9 Å². The largest absolute Gasteiger partial charge is 0.393 e. The maximum atomic E-state index is 9.34. The van der Waals surface area contributed by atoms with Crippen molar-refractivity contribution in [1.82, 2.24) is 0 Å². The Kier molecular flexibility index (Phi) is 1.55. The van der Waals surface area contributed by atoms with Gasteiger partial charge in [0, 0.05) is 4.83 Å². The van der Waals surface area contributed by atoms with Gasteiger partial charge >= 0.3 is 0 Å². The van der Waals surface area contributed by atoms with Crippen LogP contribution in [0.1, 0.15) is 12.8 Å². The fourth-order valence-corrected chi connectivity index (χ4v) is 2.93. The van der Waals surface area contributed by atoms with Crippen molar-refractivity contribution < 1.29 is 10.2 Å². The molecule has 0 radical (unpaired) electrons. The molecule has 2 rings (SSSR count). The second kappa shape index (κ2) is 2.19. The monoisotopic (exact) mass is 206 g/mol. The molecule has 1 unspecified atom stereocenters. The molecule has 58 valence electrons. The summed E-state index contributed by atoms with van der Waals surface area (Å²) in [5, 5.41) is 18.6. The van der Waals surface area contributed by atoms with E-state index in [4.69, 9.17) is 0 Å². The van der Waals surface area contributed by atoms with Gasteiger partial charge in [-0.3, -0.25) is 0 Å². The fraction of sp³-hybridized carbons (Fsp3) is 1.00. The summed E-state index contributed by atoms with van der Waals surface area (Å²) in [5.74, 6) is 0.907. The second-order valence-corrected chi connectivity index (χ2v) is 4.44. The van der Waals surface area contributed by atoms with E-state index in [1.165, 1.54) is 0 Å². The molecule has 0 aromatic rings. The third kappa shape index (κ3) is 0.773. The quantitative estimate of drug-likeness (QED) is 0.568. The van der Waals surface area contributed by atoms with Gasteiger partial charge < -0.3 is 10.2 Å². The van der Waals surface area contributed by atoms with Crippen LogP contribution in [0.3, 0.4) is 0 Å². The van der Waals surface area contributed by atoms with E-state index < -0.39 is 0 Å². The first-order valence-corrected chi connectivity index (χ1v) is 4.62. The number of hydrogen-bond donors (Lipinski definition) is 2. The molecular weight excluding hydrogens is 196 g/mol. The van der Waals surface area contributed by atoms with Crippen molar-refractivity contribution in [3.05, 3.63) is 0 Å². The lowest BCUT2D eigenvalue weighted by atomic mass is 9.74. The smallest absolute Gasteiger partial charge is 0.0671 e. The Bertz CT molecular complexity index is 151. The number of alkyl halides is 1. The van der Waals surface area contributed by atoms with Gasteiger partial charge in [0.25, 0.3) is 0 Å². The predicted molar refractivity (Wildman–Crippen MR) is 40.9 cm³/mol. The zero-order chi connectivity index (χ0) is 7.30. The standard InChI is InChI=1S/C7H11BrO2/c8-7-4-2-5(9)3(4)1-6(7)10/h3-7,9-10H,1-2H2/t3-,4-,5+,6?,7+/m1/s1. The van der Waals surface area contributed by atoms with E-state index in [1.54, 1.807) is 0 Å². The molecule has 2 fully saturated rings. The summed E-state index contributed by atoms with van der Waals surface area (Å²) in [7, 11) is 0. The molecule has 2 N–H and O–H groups in total. The van der Waals surface area contributed by atoms with Crippen molar-refractivity contribution in [3.63, 3.8) is 0 Å². The molecule has 0 heterocycles. The van der Waals surface area contributed by atoms with Crippen LogP contribution in [0.25, 0.3) is 0 Å². The second-order valence-electron chi connectivity index (χ2n) is 3.38. The lowest BCUT2D eigenvalue weighted by Crippen LogP contribution is -2.40. The number of halogens is 1. The number of fused-ring (bicyclic) bond motifs is 1. The van der Waals surface area contributed by atoms with Crippen LogP contribution in [0, 0.1) is 11.8 Å². The first-order chi connectivity index (χ1) is 4.70. The first kappa shape index (κ1) is 7.07. The Morgan fingerprint density at radius 1 is 1.00 bits per heavy atom. The van der Waals surface area contributed by atoms with Crippen LogP contribution in [-0.2, 0) is 0 Å². The van der Waals surface area contributed by atoms with Crippen LogP contribution in [0.2, 0.25) is 0 Å². The molecule has 0 aliphatic heterocycles. The van der Waals surface area contributed by atoms with Gasteiger partial charge in [-0.1, -0.05) is 15.9 Å². The molecule has 2 nitrogen and oxygen atoms in total. The zero-order valence-corrected chi connectivity index (χ0v) is 7.16. The van der Waals surface area contributed by atoms with Crippen LogP contribution in [0.15, 0.2) is 0 Å². The zero-order valence-electron chi connectivity index (χ0n) is 5.57. The maximum absolute atomic E-state index is 9.34. The predicted octanol–water partition coefficient (Wildman–Crippen LogP) is 0.512. The minimum Gasteiger partial charge on any atom is -0.393 e. The van der Waals surface area contributed by atoms with Crippen LogP contribution < -0.4 is 0 Å². The molecule has 0 bridgehead atoms. The van der Waals surface area contributed by atoms with E-state index in [0.717, 1.165) is 12.8 Å². The third-order valence-corrected chi connectivity index (χ3v) is 4.14. The Morgan fingerprint density at radius 2 is 1.60 bits per heavy atom. The highest BCUT2D eigenvalue weighted by Crippen LogP contribution is 2.49. The van der Waals surface area contributed by atoms with Crippen molar-refractivity contribution in [3.8, 4) is 0 Å². The third-order valence-electron chi connectivity index (χ3n) is 2.85. The van der Waals surface area contributed by atoms with Gasteiger partial charge in [-0.2, -0.15) is 0 Å². The molecule has 5 atom stereocenters. The Hall–Kier alpha value is 0.400. The average Bonchev–Trinajstić information content (AvgIpc) is 2.12. The molecule has 0 aromatic carbocycles. The summed E-state index contributed by atoms with van der Waals surface area (Å²) in [5.41, 5.74) is 0. The topological polar surface area (TPSA) is 40.5 Å². The van der Waals surface area contributed by atoms with Crippen molar-refractivity contribution in [2.45, 2.75) is 29.9 Å². The summed E-state index contributed by atoms with van der Waals surface area (Å²) in [4.78, 5) is 0.237. The van der Waals surface area contributed by atoms with Crippen molar-refractivity contribution in [1.29, 1.82) is 0 Å². The number of rotatable bonds is 0. The number of hydrogen-bond acceptors (Lipinski definition) is 2. The van der Waals surface area contributed by atoms with Gasteiger partial charge in [0.15, 0.2) is 0 Å². The van der Waals surface area contributed by atoms with Gasteiger partial charge in [0.2, 0.25) is 0 Å². The first-order valence-electron chi connectivity index (χ1n) is 3.70. The molecule has 0 amide bonds. The van der Waals surface area contributed by atoms with Gasteiger partial charge in [-0.05, 0) is 24.7 Å². The van der Waals surface area contributed by atoms with E-state index in [-0.39, 0.29) is 17.0 Å². The average molecular weight is 207 g/mol. The molecule has 2 aliphatic carbocycles. The Labute approximate surface area is 68.4 Å². The lowest BCUT2D eigenvalue weighted by molar-refractivity contribution is -0.0131. The molecular formula is C7H11BrO2. The summed E-state index contributed by atoms with van der Waals surface area (Å²) < 4.78 is 0. The van der Waals surface area contributed by atoms with E-state index in [1.807, 2.05) is 0 Å². The molecule has 3 heteroatoms. The van der Waals surface area contributed by atoms with Gasteiger partial charge in [-0.15, -0.1) is 0 Å². The van der Waals surface area contributed by atoms with E-state index in [9.17, 15) is 10.2 Å². The number of aliphatic hydroxyl groups excluding tert-OH is 2. The van der Waals surface area contributed by atoms with Crippen LogP contribution >= 0.6 is 15.9 Å². The molecule has 10 heavy (non-hydrogen) atoms. The molecule has 2 aliphatic rings. The van der Waals surface area contributed by atoms with Crippen molar-refractivity contribution in [2.75, 3.05) is 0 Å². The van der Waals surface area contributed by atoms with E-state index >= 15 is 0 Å². The van der Waals surface area contributed by atoms with E-state index in [2.05, 4.69) is 15.9 Å². The molecule has 0 spiro atoms. The van der Waals surface area contributed by atoms with Gasteiger partial charge in [-0.25, -0.2) is 0 Å². The summed E-state index contributed by atoms with van der Waals surface area (Å²) in [6.45, 7) is 0. The maximum Gasteiger partial charge on any atom is 0.0671 e. The highest BCUT2D eigenvalue weighted by molar-refractivity contribution is 9.09. The Morgan fingerprint density at radius 3 is 2.00 bits per heavy atom. The van der Waals surface area contributed by atoms with Crippen LogP contribution in [0.5, 0.6) is 0 Å². The minimum atomic E-state index is -0.229. The Balaban J connectivity index is 2.06. The SMILES string of the molecule is OC1C[C@@H]2[C@@H](C[C@@H]2O)[C@@H]1Br. The molecule has 0 aromatic heterocycles. The number of aliphatic hydroxyl groups is 2.